The fourth-order valence-electron chi connectivity index (χ4n) is 2.01. The molecule has 2 amide bonds. The predicted molar refractivity (Wildman–Crippen MR) is 84.5 cm³/mol. The van der Waals surface area contributed by atoms with Crippen LogP contribution in [-0.4, -0.2) is 27.9 Å². The molecular formula is C16H20N4O2. The van der Waals surface area contributed by atoms with Crippen LogP contribution in [0.4, 0.5) is 5.69 Å². The lowest BCUT2D eigenvalue weighted by atomic mass is 10.1. The molecule has 0 unspecified atom stereocenters. The number of nitrogens with one attached hydrogen (secondary N) is 2. The van der Waals surface area contributed by atoms with E-state index in [4.69, 9.17) is 0 Å². The molecule has 22 heavy (non-hydrogen) atoms. The van der Waals surface area contributed by atoms with Gasteiger partial charge in [-0.25, -0.2) is 4.98 Å². The molecule has 2 aromatic rings. The largest absolute Gasteiger partial charge is 0.352 e. The van der Waals surface area contributed by atoms with Crippen LogP contribution in [0.25, 0.3) is 0 Å². The van der Waals surface area contributed by atoms with Crippen molar-refractivity contribution >= 4 is 17.5 Å². The van der Waals surface area contributed by atoms with E-state index in [0.717, 1.165) is 13.0 Å². The number of para-hydroxylation sites is 1. The van der Waals surface area contributed by atoms with Crippen molar-refractivity contribution in [2.75, 3.05) is 11.9 Å². The van der Waals surface area contributed by atoms with Gasteiger partial charge in [0.15, 0.2) is 0 Å². The third-order valence-electron chi connectivity index (χ3n) is 3.20. The molecule has 0 radical (unpaired) electrons. The molecule has 0 atom stereocenters. The van der Waals surface area contributed by atoms with Gasteiger partial charge in [-0.15, -0.1) is 0 Å². The summed E-state index contributed by atoms with van der Waals surface area (Å²) < 4.78 is 1.96. The van der Waals surface area contributed by atoms with Gasteiger partial charge in [0.2, 0.25) is 5.91 Å². The van der Waals surface area contributed by atoms with E-state index in [1.165, 1.54) is 0 Å². The zero-order valence-corrected chi connectivity index (χ0v) is 12.6. The highest BCUT2D eigenvalue weighted by Gasteiger charge is 2.11. The number of anilines is 1. The highest BCUT2D eigenvalue weighted by atomic mass is 16.2. The maximum absolute atomic E-state index is 12.2. The van der Waals surface area contributed by atoms with Crippen molar-refractivity contribution in [2.45, 2.75) is 26.3 Å². The molecule has 0 spiro atoms. The number of carbonyl (C=O) groups excluding carboxylic acids is 2. The minimum Gasteiger partial charge on any atom is -0.352 e. The summed E-state index contributed by atoms with van der Waals surface area (Å²) in [5, 5.41) is 5.61. The summed E-state index contributed by atoms with van der Waals surface area (Å²) >= 11 is 0. The van der Waals surface area contributed by atoms with Crippen molar-refractivity contribution in [3.05, 3.63) is 48.5 Å². The standard InChI is InChI=1S/C16H20N4O2/c1-2-15(21)19-14-7-4-3-6-13(14)16(22)18-8-5-10-20-11-9-17-12-20/h3-4,6-7,9,11-12H,2,5,8,10H2,1H3,(H,18,22)(H,19,21). The van der Waals surface area contributed by atoms with E-state index >= 15 is 0 Å². The van der Waals surface area contributed by atoms with Gasteiger partial charge < -0.3 is 15.2 Å². The van der Waals surface area contributed by atoms with Gasteiger partial charge >= 0.3 is 0 Å². The second kappa shape index (κ2) is 7.97. The molecule has 0 fully saturated rings. The van der Waals surface area contributed by atoms with E-state index in [9.17, 15) is 9.59 Å². The topological polar surface area (TPSA) is 76.0 Å². The summed E-state index contributed by atoms with van der Waals surface area (Å²) in [5.74, 6) is -0.294. The zero-order valence-electron chi connectivity index (χ0n) is 12.6. The average molecular weight is 300 g/mol. The highest BCUT2D eigenvalue weighted by molar-refractivity contribution is 6.03. The van der Waals surface area contributed by atoms with E-state index in [1.807, 2.05) is 10.8 Å². The molecule has 1 heterocycles. The number of amides is 2. The minimum absolute atomic E-state index is 0.111. The molecule has 1 aromatic heterocycles. The second-order valence-corrected chi connectivity index (χ2v) is 4.86. The fourth-order valence-corrected chi connectivity index (χ4v) is 2.01. The number of benzene rings is 1. The molecule has 116 valence electrons. The van der Waals surface area contributed by atoms with Crippen molar-refractivity contribution < 1.29 is 9.59 Å². The molecule has 6 heteroatoms. The molecule has 6 nitrogen and oxygen atoms in total. The monoisotopic (exact) mass is 300 g/mol. The van der Waals surface area contributed by atoms with Crippen molar-refractivity contribution in [1.82, 2.24) is 14.9 Å². The Hall–Kier alpha value is -2.63. The number of hydrogen-bond acceptors (Lipinski definition) is 3. The van der Waals surface area contributed by atoms with Crippen LogP contribution in [0.5, 0.6) is 0 Å². The van der Waals surface area contributed by atoms with Crippen LogP contribution >= 0.6 is 0 Å². The first-order valence-corrected chi connectivity index (χ1v) is 7.33. The Bertz CT molecular complexity index is 623. The van der Waals surface area contributed by atoms with E-state index in [1.54, 1.807) is 43.7 Å². The van der Waals surface area contributed by atoms with Gasteiger partial charge in [-0.3, -0.25) is 9.59 Å². The number of rotatable bonds is 7. The fraction of sp³-hybridized carbons (Fsp3) is 0.312. The molecule has 0 bridgehead atoms. The number of nitrogens with zero attached hydrogens (tertiary/aromatic N) is 2. The zero-order chi connectivity index (χ0) is 15.8. The van der Waals surface area contributed by atoms with Crippen molar-refractivity contribution in [2.24, 2.45) is 0 Å². The second-order valence-electron chi connectivity index (χ2n) is 4.86. The molecule has 0 saturated carbocycles. The number of hydrogen-bond donors (Lipinski definition) is 2. The summed E-state index contributed by atoms with van der Waals surface area (Å²) in [5.41, 5.74) is 1.02. The van der Waals surface area contributed by atoms with E-state index in [-0.39, 0.29) is 11.8 Å². The maximum Gasteiger partial charge on any atom is 0.253 e. The van der Waals surface area contributed by atoms with Gasteiger partial charge in [-0.05, 0) is 18.6 Å². The minimum atomic E-state index is -0.183. The first-order valence-electron chi connectivity index (χ1n) is 7.33. The molecule has 0 saturated heterocycles. The summed E-state index contributed by atoms with van der Waals surface area (Å²) in [6.07, 6.45) is 6.55. The van der Waals surface area contributed by atoms with Gasteiger partial charge in [0.1, 0.15) is 0 Å². The molecule has 2 N–H and O–H groups in total. The van der Waals surface area contributed by atoms with Crippen molar-refractivity contribution in [3.63, 3.8) is 0 Å². The lowest BCUT2D eigenvalue weighted by Crippen LogP contribution is -2.26. The quantitative estimate of drug-likeness (QED) is 0.768. The Morgan fingerprint density at radius 1 is 1.27 bits per heavy atom. The summed E-state index contributed by atoms with van der Waals surface area (Å²) in [6.45, 7) is 3.13. The summed E-state index contributed by atoms with van der Waals surface area (Å²) in [7, 11) is 0. The lowest BCUT2D eigenvalue weighted by molar-refractivity contribution is -0.115. The molecule has 0 aliphatic heterocycles. The summed E-state index contributed by atoms with van der Waals surface area (Å²) in [4.78, 5) is 27.7. The Kier molecular flexibility index (Phi) is 5.71. The smallest absolute Gasteiger partial charge is 0.253 e. The Morgan fingerprint density at radius 3 is 2.82 bits per heavy atom. The normalized spacial score (nSPS) is 10.2. The van der Waals surface area contributed by atoms with Crippen LogP contribution in [0.3, 0.4) is 0 Å². The third-order valence-corrected chi connectivity index (χ3v) is 3.20. The molecule has 1 aromatic carbocycles. The van der Waals surface area contributed by atoms with Gasteiger partial charge in [-0.2, -0.15) is 0 Å². The van der Waals surface area contributed by atoms with Crippen LogP contribution in [0, 0.1) is 0 Å². The van der Waals surface area contributed by atoms with Crippen molar-refractivity contribution in [1.29, 1.82) is 0 Å². The number of aryl methyl sites for hydroxylation is 1. The molecular weight excluding hydrogens is 280 g/mol. The van der Waals surface area contributed by atoms with Crippen LogP contribution in [0.1, 0.15) is 30.1 Å². The number of aromatic nitrogens is 2. The van der Waals surface area contributed by atoms with Crippen LogP contribution in [0.15, 0.2) is 43.0 Å². The molecule has 0 aliphatic rings. The predicted octanol–water partition coefficient (Wildman–Crippen LogP) is 2.05. The number of imidazole rings is 1. The maximum atomic E-state index is 12.2. The Morgan fingerprint density at radius 2 is 2.09 bits per heavy atom. The van der Waals surface area contributed by atoms with E-state index in [2.05, 4.69) is 15.6 Å². The highest BCUT2D eigenvalue weighted by Crippen LogP contribution is 2.15. The van der Waals surface area contributed by atoms with Gasteiger partial charge in [0, 0.05) is 31.9 Å². The van der Waals surface area contributed by atoms with E-state index < -0.39 is 0 Å². The average Bonchev–Trinajstić information content (AvgIpc) is 3.05. The van der Waals surface area contributed by atoms with Crippen molar-refractivity contribution in [3.8, 4) is 0 Å². The Balaban J connectivity index is 1.87. The van der Waals surface area contributed by atoms with Gasteiger partial charge in [0.05, 0.1) is 17.6 Å². The molecule has 2 rings (SSSR count). The van der Waals surface area contributed by atoms with Gasteiger partial charge in [0.25, 0.3) is 5.91 Å². The van der Waals surface area contributed by atoms with E-state index in [0.29, 0.717) is 24.2 Å². The summed E-state index contributed by atoms with van der Waals surface area (Å²) in [6, 6.07) is 7.01. The molecule has 0 aliphatic carbocycles. The first kappa shape index (κ1) is 15.8. The Labute approximate surface area is 129 Å². The SMILES string of the molecule is CCC(=O)Nc1ccccc1C(=O)NCCCn1ccnc1. The third kappa shape index (κ3) is 4.44. The van der Waals surface area contributed by atoms with Crippen LogP contribution in [0.2, 0.25) is 0 Å². The van der Waals surface area contributed by atoms with Gasteiger partial charge in [-0.1, -0.05) is 19.1 Å². The number of carbonyl (C=O) groups is 2. The van der Waals surface area contributed by atoms with Crippen LogP contribution in [-0.2, 0) is 11.3 Å². The van der Waals surface area contributed by atoms with Crippen LogP contribution < -0.4 is 10.6 Å². The lowest BCUT2D eigenvalue weighted by Gasteiger charge is -2.11. The first-order chi connectivity index (χ1) is 10.7.